The molecule has 8 heteroatoms. The summed E-state index contributed by atoms with van der Waals surface area (Å²) in [5.41, 5.74) is 0.839. The summed E-state index contributed by atoms with van der Waals surface area (Å²) < 4.78 is 31.3. The Bertz CT molecular complexity index is 587. The number of amides is 1. The van der Waals surface area contributed by atoms with Crippen LogP contribution in [0.25, 0.3) is 0 Å². The first-order valence-corrected chi connectivity index (χ1v) is 8.89. The highest BCUT2D eigenvalue weighted by Crippen LogP contribution is 2.10. The summed E-state index contributed by atoms with van der Waals surface area (Å²) in [7, 11) is -0.223. The first-order chi connectivity index (χ1) is 10.9. The van der Waals surface area contributed by atoms with Gasteiger partial charge in [-0.3, -0.25) is 4.79 Å². The molecule has 0 saturated heterocycles. The molecule has 0 aromatic heterocycles. The highest BCUT2D eigenvalue weighted by atomic mass is 32.2. The summed E-state index contributed by atoms with van der Waals surface area (Å²) >= 11 is 0. The minimum Gasteiger partial charge on any atom is -0.383 e. The van der Waals surface area contributed by atoms with Crippen molar-refractivity contribution in [3.63, 3.8) is 0 Å². The van der Waals surface area contributed by atoms with Gasteiger partial charge in [-0.2, -0.15) is 0 Å². The molecule has 1 aromatic rings. The van der Waals surface area contributed by atoms with Crippen LogP contribution in [0.4, 0.5) is 0 Å². The second kappa shape index (κ2) is 9.61. The minimum atomic E-state index is -3.53. The third-order valence-electron chi connectivity index (χ3n) is 3.26. The summed E-state index contributed by atoms with van der Waals surface area (Å²) in [6.45, 7) is 3.35. The van der Waals surface area contributed by atoms with Crippen LogP contribution in [-0.4, -0.2) is 48.2 Å². The third-order valence-corrected chi connectivity index (χ3v) is 4.73. The van der Waals surface area contributed by atoms with Crippen LogP contribution in [0.3, 0.4) is 0 Å². The average molecular weight is 343 g/mol. The number of nitrogens with one attached hydrogen (secondary N) is 3. The number of hydrogen-bond acceptors (Lipinski definition) is 5. The zero-order valence-electron chi connectivity index (χ0n) is 13.8. The van der Waals surface area contributed by atoms with Gasteiger partial charge in [0.05, 0.1) is 11.5 Å². The Hall–Kier alpha value is -1.48. The molecule has 0 spiro atoms. The number of rotatable bonds is 10. The van der Waals surface area contributed by atoms with Crippen molar-refractivity contribution in [2.24, 2.45) is 5.92 Å². The number of methoxy groups -OCH3 is 1. The van der Waals surface area contributed by atoms with Gasteiger partial charge in [0.25, 0.3) is 0 Å². The van der Waals surface area contributed by atoms with Crippen LogP contribution in [0.5, 0.6) is 0 Å². The molecule has 1 amide bonds. The van der Waals surface area contributed by atoms with E-state index in [1.165, 1.54) is 19.2 Å². The van der Waals surface area contributed by atoms with Gasteiger partial charge in [-0.25, -0.2) is 13.1 Å². The van der Waals surface area contributed by atoms with Gasteiger partial charge >= 0.3 is 0 Å². The fraction of sp³-hybridized carbons (Fsp3) is 0.533. The monoisotopic (exact) mass is 343 g/mol. The molecular weight excluding hydrogens is 318 g/mol. The van der Waals surface area contributed by atoms with Crippen molar-refractivity contribution in [1.82, 2.24) is 15.4 Å². The van der Waals surface area contributed by atoms with Crippen LogP contribution in [0, 0.1) is 5.92 Å². The predicted octanol–water partition coefficient (Wildman–Crippen LogP) is 0.0830. The van der Waals surface area contributed by atoms with E-state index < -0.39 is 10.0 Å². The van der Waals surface area contributed by atoms with Gasteiger partial charge in [0, 0.05) is 32.7 Å². The maximum absolute atomic E-state index is 12.0. The van der Waals surface area contributed by atoms with E-state index in [0.29, 0.717) is 19.7 Å². The normalized spacial score (nSPS) is 12.8. The van der Waals surface area contributed by atoms with Gasteiger partial charge in [0.1, 0.15) is 0 Å². The molecule has 0 heterocycles. The predicted molar refractivity (Wildman–Crippen MR) is 88.4 cm³/mol. The lowest BCUT2D eigenvalue weighted by atomic mass is 10.1. The fourth-order valence-electron chi connectivity index (χ4n) is 1.91. The standard InChI is InChI=1S/C15H25N3O4S/c1-12(10-16-2)15(19)17-11-13-4-6-14(7-5-13)23(20,21)18-8-9-22-3/h4-7,12,16,18H,8-11H2,1-3H3,(H,17,19). The van der Waals surface area contributed by atoms with Crippen molar-refractivity contribution in [3.05, 3.63) is 29.8 Å². The van der Waals surface area contributed by atoms with Gasteiger partial charge in [-0.15, -0.1) is 0 Å². The van der Waals surface area contributed by atoms with Gasteiger partial charge in [0.2, 0.25) is 15.9 Å². The topological polar surface area (TPSA) is 96.5 Å². The van der Waals surface area contributed by atoms with Crippen LogP contribution >= 0.6 is 0 Å². The van der Waals surface area contributed by atoms with Crippen LogP contribution in [0.1, 0.15) is 12.5 Å². The number of hydrogen-bond donors (Lipinski definition) is 3. The lowest BCUT2D eigenvalue weighted by molar-refractivity contribution is -0.124. The quantitative estimate of drug-likeness (QED) is 0.523. The number of sulfonamides is 1. The molecule has 7 nitrogen and oxygen atoms in total. The third kappa shape index (κ3) is 6.66. The minimum absolute atomic E-state index is 0.0442. The van der Waals surface area contributed by atoms with Crippen molar-refractivity contribution in [3.8, 4) is 0 Å². The molecule has 130 valence electrons. The molecule has 23 heavy (non-hydrogen) atoms. The Labute approximate surface area is 137 Å². The highest BCUT2D eigenvalue weighted by molar-refractivity contribution is 7.89. The van der Waals surface area contributed by atoms with Gasteiger partial charge in [-0.1, -0.05) is 19.1 Å². The number of carbonyl (C=O) groups excluding carboxylic acids is 1. The Morgan fingerprint density at radius 1 is 1.26 bits per heavy atom. The van der Waals surface area contributed by atoms with E-state index in [9.17, 15) is 13.2 Å². The summed E-state index contributed by atoms with van der Waals surface area (Å²) in [6.07, 6.45) is 0. The first kappa shape index (κ1) is 19.6. The van der Waals surface area contributed by atoms with Crippen molar-refractivity contribution in [1.29, 1.82) is 0 Å². The second-order valence-corrected chi connectivity index (χ2v) is 6.98. The smallest absolute Gasteiger partial charge is 0.240 e. The lowest BCUT2D eigenvalue weighted by Gasteiger charge is -2.12. The van der Waals surface area contributed by atoms with E-state index in [0.717, 1.165) is 5.56 Å². The van der Waals surface area contributed by atoms with Gasteiger partial charge in [-0.05, 0) is 24.7 Å². The summed E-state index contributed by atoms with van der Waals surface area (Å²) in [4.78, 5) is 12.0. The molecule has 1 aromatic carbocycles. The van der Waals surface area contributed by atoms with Gasteiger partial charge < -0.3 is 15.4 Å². The Morgan fingerprint density at radius 2 is 1.91 bits per heavy atom. The van der Waals surface area contributed by atoms with E-state index in [4.69, 9.17) is 4.74 Å². The van der Waals surface area contributed by atoms with E-state index >= 15 is 0 Å². The number of benzene rings is 1. The second-order valence-electron chi connectivity index (χ2n) is 5.21. The van der Waals surface area contributed by atoms with E-state index in [2.05, 4.69) is 15.4 Å². The largest absolute Gasteiger partial charge is 0.383 e. The van der Waals surface area contributed by atoms with Crippen LogP contribution < -0.4 is 15.4 Å². The summed E-state index contributed by atoms with van der Waals surface area (Å²) in [5.74, 6) is -0.165. The molecule has 0 aliphatic rings. The molecule has 3 N–H and O–H groups in total. The fourth-order valence-corrected chi connectivity index (χ4v) is 2.92. The van der Waals surface area contributed by atoms with E-state index in [1.807, 2.05) is 6.92 Å². The zero-order valence-corrected chi connectivity index (χ0v) is 14.6. The van der Waals surface area contributed by atoms with Crippen LogP contribution in [0.2, 0.25) is 0 Å². The van der Waals surface area contributed by atoms with E-state index in [-0.39, 0.29) is 23.3 Å². The van der Waals surface area contributed by atoms with E-state index in [1.54, 1.807) is 19.2 Å². The molecule has 0 saturated carbocycles. The zero-order chi connectivity index (χ0) is 17.3. The van der Waals surface area contributed by atoms with Crippen molar-refractivity contribution in [2.75, 3.05) is 33.9 Å². The Kier molecular flexibility index (Phi) is 8.18. The van der Waals surface area contributed by atoms with Crippen LogP contribution in [-0.2, 0) is 26.1 Å². The number of ether oxygens (including phenoxy) is 1. The van der Waals surface area contributed by atoms with Crippen molar-refractivity contribution >= 4 is 15.9 Å². The molecule has 1 atom stereocenters. The van der Waals surface area contributed by atoms with Crippen molar-refractivity contribution < 1.29 is 17.9 Å². The Morgan fingerprint density at radius 3 is 2.48 bits per heavy atom. The summed E-state index contributed by atoms with van der Waals surface area (Å²) in [5, 5.41) is 5.77. The maximum Gasteiger partial charge on any atom is 0.240 e. The van der Waals surface area contributed by atoms with Gasteiger partial charge in [0.15, 0.2) is 0 Å². The molecule has 0 aliphatic heterocycles. The number of carbonyl (C=O) groups is 1. The molecule has 0 radical (unpaired) electrons. The SMILES string of the molecule is CNCC(C)C(=O)NCc1ccc(S(=O)(=O)NCCOC)cc1. The highest BCUT2D eigenvalue weighted by Gasteiger charge is 2.14. The summed E-state index contributed by atoms with van der Waals surface area (Å²) in [6, 6.07) is 6.42. The molecule has 1 unspecified atom stereocenters. The lowest BCUT2D eigenvalue weighted by Crippen LogP contribution is -2.33. The Balaban J connectivity index is 2.58. The molecule has 0 fully saturated rings. The first-order valence-electron chi connectivity index (χ1n) is 7.40. The molecule has 0 bridgehead atoms. The average Bonchev–Trinajstić information content (AvgIpc) is 2.53. The molecule has 1 rings (SSSR count). The molecular formula is C15H25N3O4S. The molecule has 0 aliphatic carbocycles. The van der Waals surface area contributed by atoms with Crippen molar-refractivity contribution in [2.45, 2.75) is 18.4 Å². The van der Waals surface area contributed by atoms with Crippen LogP contribution in [0.15, 0.2) is 29.2 Å². The maximum atomic E-state index is 12.0.